The zero-order valence-corrected chi connectivity index (χ0v) is 11.7. The monoisotopic (exact) mass is 278 g/mol. The van der Waals surface area contributed by atoms with Crippen LogP contribution >= 0.6 is 11.6 Å². The fourth-order valence-electron chi connectivity index (χ4n) is 2.78. The van der Waals surface area contributed by atoms with Crippen molar-refractivity contribution in [3.8, 4) is 0 Å². The zero-order chi connectivity index (χ0) is 13.3. The van der Waals surface area contributed by atoms with E-state index in [2.05, 4.69) is 10.6 Å². The van der Waals surface area contributed by atoms with Crippen LogP contribution in [-0.2, 0) is 10.3 Å². The number of nitrogens with one attached hydrogen (secondary N) is 2. The van der Waals surface area contributed by atoms with Crippen molar-refractivity contribution in [2.24, 2.45) is 0 Å². The minimum atomic E-state index is -0.138. The van der Waals surface area contributed by atoms with Crippen LogP contribution in [0, 0.1) is 0 Å². The molecule has 1 aliphatic carbocycles. The highest BCUT2D eigenvalue weighted by Crippen LogP contribution is 2.45. The second-order valence-corrected chi connectivity index (χ2v) is 6.02. The van der Waals surface area contributed by atoms with E-state index in [0.717, 1.165) is 37.3 Å². The first-order valence-corrected chi connectivity index (χ1v) is 7.39. The number of rotatable bonds is 3. The lowest BCUT2D eigenvalue weighted by Gasteiger charge is -2.26. The smallest absolute Gasteiger partial charge is 0.237 e. The average molecular weight is 279 g/mol. The van der Waals surface area contributed by atoms with Crippen molar-refractivity contribution in [2.45, 2.75) is 43.7 Å². The van der Waals surface area contributed by atoms with Gasteiger partial charge in [-0.3, -0.25) is 4.79 Å². The Morgan fingerprint density at radius 3 is 2.58 bits per heavy atom. The lowest BCUT2D eigenvalue weighted by atomic mass is 10.0. The van der Waals surface area contributed by atoms with Crippen molar-refractivity contribution in [3.63, 3.8) is 0 Å². The lowest BCUT2D eigenvalue weighted by Crippen LogP contribution is -2.49. The van der Waals surface area contributed by atoms with Gasteiger partial charge < -0.3 is 10.6 Å². The Balaban J connectivity index is 1.68. The van der Waals surface area contributed by atoms with E-state index in [1.165, 1.54) is 12.0 Å². The molecule has 102 valence electrons. The Labute approximate surface area is 118 Å². The van der Waals surface area contributed by atoms with E-state index in [-0.39, 0.29) is 17.5 Å². The predicted molar refractivity (Wildman–Crippen MR) is 76.1 cm³/mol. The molecule has 1 atom stereocenters. The Morgan fingerprint density at radius 1 is 1.26 bits per heavy atom. The van der Waals surface area contributed by atoms with Crippen molar-refractivity contribution in [1.82, 2.24) is 10.6 Å². The van der Waals surface area contributed by atoms with E-state index in [4.69, 9.17) is 11.6 Å². The molecule has 3 nitrogen and oxygen atoms in total. The number of benzene rings is 1. The van der Waals surface area contributed by atoms with Gasteiger partial charge in [-0.25, -0.2) is 0 Å². The van der Waals surface area contributed by atoms with Crippen molar-refractivity contribution in [1.29, 1.82) is 0 Å². The first kappa shape index (κ1) is 12.9. The minimum absolute atomic E-state index is 0.0153. The number of amides is 1. The largest absolute Gasteiger partial charge is 0.345 e. The fraction of sp³-hybridized carbons (Fsp3) is 0.533. The number of hydrogen-bond donors (Lipinski definition) is 2. The van der Waals surface area contributed by atoms with Crippen LogP contribution in [0.3, 0.4) is 0 Å². The van der Waals surface area contributed by atoms with E-state index < -0.39 is 0 Å². The minimum Gasteiger partial charge on any atom is -0.345 e. The van der Waals surface area contributed by atoms with Gasteiger partial charge in [-0.15, -0.1) is 0 Å². The molecule has 1 heterocycles. The second kappa shape index (κ2) is 5.14. The molecule has 4 heteroatoms. The fourth-order valence-corrected chi connectivity index (χ4v) is 2.90. The summed E-state index contributed by atoms with van der Waals surface area (Å²) < 4.78 is 0. The highest BCUT2D eigenvalue weighted by atomic mass is 35.5. The molecule has 1 aromatic carbocycles. The van der Waals surface area contributed by atoms with Gasteiger partial charge >= 0.3 is 0 Å². The third-order valence-corrected chi connectivity index (χ3v) is 4.39. The third kappa shape index (κ3) is 2.77. The van der Waals surface area contributed by atoms with Crippen LogP contribution in [-0.4, -0.2) is 18.5 Å². The first-order valence-electron chi connectivity index (χ1n) is 7.01. The molecular formula is C15H19ClN2O. The van der Waals surface area contributed by atoms with Gasteiger partial charge in [-0.05, 0) is 49.9 Å². The summed E-state index contributed by atoms with van der Waals surface area (Å²) in [5.41, 5.74) is 1.03. The quantitative estimate of drug-likeness (QED) is 0.892. The number of halogens is 1. The van der Waals surface area contributed by atoms with E-state index in [1.807, 2.05) is 24.3 Å². The Kier molecular flexibility index (Phi) is 3.50. The number of piperidine rings is 1. The summed E-state index contributed by atoms with van der Waals surface area (Å²) in [6, 6.07) is 7.80. The number of hydrogen-bond acceptors (Lipinski definition) is 2. The summed E-state index contributed by atoms with van der Waals surface area (Å²) in [4.78, 5) is 12.3. The number of carbonyl (C=O) groups is 1. The molecule has 0 radical (unpaired) electrons. The van der Waals surface area contributed by atoms with Gasteiger partial charge in [-0.1, -0.05) is 30.2 Å². The topological polar surface area (TPSA) is 41.1 Å². The number of carbonyl (C=O) groups excluding carboxylic acids is 1. The normalized spacial score (nSPS) is 24.8. The summed E-state index contributed by atoms with van der Waals surface area (Å²) in [5.74, 6) is 0.146. The Bertz CT molecular complexity index is 462. The van der Waals surface area contributed by atoms with Gasteiger partial charge in [0.05, 0.1) is 11.6 Å². The van der Waals surface area contributed by atoms with Crippen LogP contribution in [0.1, 0.15) is 37.7 Å². The van der Waals surface area contributed by atoms with Gasteiger partial charge in [0.2, 0.25) is 5.91 Å². The van der Waals surface area contributed by atoms with Gasteiger partial charge in [0.25, 0.3) is 0 Å². The maximum atomic E-state index is 12.3. The average Bonchev–Trinajstić information content (AvgIpc) is 3.21. The Morgan fingerprint density at radius 2 is 2.00 bits per heavy atom. The lowest BCUT2D eigenvalue weighted by molar-refractivity contribution is -0.124. The second-order valence-electron chi connectivity index (χ2n) is 5.58. The molecule has 3 rings (SSSR count). The molecule has 0 spiro atoms. The SMILES string of the molecule is O=C(NC1(c2ccc(Cl)cc2)CC1)C1CCCCN1. The van der Waals surface area contributed by atoms with Crippen LogP contribution < -0.4 is 10.6 Å². The molecule has 2 fully saturated rings. The van der Waals surface area contributed by atoms with Gasteiger partial charge in [0, 0.05) is 5.02 Å². The maximum Gasteiger partial charge on any atom is 0.237 e. The molecule has 0 bridgehead atoms. The zero-order valence-electron chi connectivity index (χ0n) is 10.9. The van der Waals surface area contributed by atoms with E-state index in [1.54, 1.807) is 0 Å². The molecule has 2 N–H and O–H groups in total. The van der Waals surface area contributed by atoms with Crippen LogP contribution in [0.2, 0.25) is 5.02 Å². The molecule has 19 heavy (non-hydrogen) atoms. The molecule has 0 aromatic heterocycles. The molecule has 1 aliphatic heterocycles. The summed E-state index contributed by atoms with van der Waals surface area (Å²) >= 11 is 5.91. The highest BCUT2D eigenvalue weighted by Gasteiger charge is 2.46. The van der Waals surface area contributed by atoms with E-state index >= 15 is 0 Å². The van der Waals surface area contributed by atoms with Crippen molar-refractivity contribution in [2.75, 3.05) is 6.54 Å². The van der Waals surface area contributed by atoms with Gasteiger partial charge in [0.15, 0.2) is 0 Å². The molecule has 2 aliphatic rings. The van der Waals surface area contributed by atoms with Crippen LogP contribution in [0.25, 0.3) is 0 Å². The maximum absolute atomic E-state index is 12.3. The van der Waals surface area contributed by atoms with Crippen molar-refractivity contribution < 1.29 is 4.79 Å². The predicted octanol–water partition coefficient (Wildman–Crippen LogP) is 2.59. The molecule has 1 aromatic rings. The third-order valence-electron chi connectivity index (χ3n) is 4.14. The van der Waals surface area contributed by atoms with Crippen LogP contribution in [0.4, 0.5) is 0 Å². The summed E-state index contributed by atoms with van der Waals surface area (Å²) in [6.45, 7) is 0.950. The molecule has 1 unspecified atom stereocenters. The van der Waals surface area contributed by atoms with Crippen molar-refractivity contribution in [3.05, 3.63) is 34.9 Å². The van der Waals surface area contributed by atoms with Gasteiger partial charge in [-0.2, -0.15) is 0 Å². The van der Waals surface area contributed by atoms with E-state index in [0.29, 0.717) is 0 Å². The van der Waals surface area contributed by atoms with Crippen LogP contribution in [0.5, 0.6) is 0 Å². The summed E-state index contributed by atoms with van der Waals surface area (Å²) in [6.07, 6.45) is 5.30. The summed E-state index contributed by atoms with van der Waals surface area (Å²) in [7, 11) is 0. The highest BCUT2D eigenvalue weighted by molar-refractivity contribution is 6.30. The van der Waals surface area contributed by atoms with Crippen LogP contribution in [0.15, 0.2) is 24.3 Å². The molecule has 1 saturated heterocycles. The first-order chi connectivity index (χ1) is 9.20. The molecule has 1 amide bonds. The Hall–Kier alpha value is -1.06. The van der Waals surface area contributed by atoms with E-state index in [9.17, 15) is 4.79 Å². The van der Waals surface area contributed by atoms with Gasteiger partial charge in [0.1, 0.15) is 0 Å². The van der Waals surface area contributed by atoms with Crippen molar-refractivity contribution >= 4 is 17.5 Å². The standard InChI is InChI=1S/C15H19ClN2O/c16-12-6-4-11(5-7-12)15(8-9-15)18-14(19)13-3-1-2-10-17-13/h4-7,13,17H,1-3,8-10H2,(H,18,19). The summed E-state index contributed by atoms with van der Waals surface area (Å²) in [5, 5.41) is 7.26. The molecular weight excluding hydrogens is 260 g/mol. The molecule has 1 saturated carbocycles.